The number of rotatable bonds is 13. The van der Waals surface area contributed by atoms with Gasteiger partial charge in [-0.25, -0.2) is 4.79 Å². The average Bonchev–Trinajstić information content (AvgIpc) is 2.62. The topological polar surface area (TPSA) is 56.3 Å². The van der Waals surface area contributed by atoms with Crippen molar-refractivity contribution in [2.75, 3.05) is 0 Å². The van der Waals surface area contributed by atoms with Gasteiger partial charge in [-0.2, -0.15) is 0 Å². The Hall–Kier alpha value is -1.97. The molecule has 0 atom stereocenters. The highest BCUT2D eigenvalue weighted by atomic mass is 16.5. The molecule has 4 heteroatoms. The molecule has 0 spiro atoms. The van der Waals surface area contributed by atoms with Crippen LogP contribution in [0.3, 0.4) is 0 Å². The summed E-state index contributed by atoms with van der Waals surface area (Å²) in [5, 5.41) is 0. The van der Waals surface area contributed by atoms with Crippen LogP contribution < -0.4 is 0 Å². The van der Waals surface area contributed by atoms with Gasteiger partial charge < -0.3 is 9.53 Å². The number of Topliss-reactive ketones (excluding diaryl/α,β-unsaturated/α-hetero) is 1. The van der Waals surface area contributed by atoms with Gasteiger partial charge in [0.05, 0.1) is 5.69 Å². The Morgan fingerprint density at radius 3 is 2.52 bits per heavy atom. The molecule has 0 saturated heterocycles. The molecule has 1 aromatic rings. The molecule has 1 rings (SSSR count). The zero-order valence-corrected chi connectivity index (χ0v) is 15.6. The second kappa shape index (κ2) is 13.3. The molecule has 0 bridgehead atoms. The molecule has 138 valence electrons. The van der Waals surface area contributed by atoms with E-state index in [9.17, 15) is 9.59 Å². The van der Waals surface area contributed by atoms with Crippen LogP contribution >= 0.6 is 0 Å². The Morgan fingerprint density at radius 2 is 1.84 bits per heavy atom. The van der Waals surface area contributed by atoms with Gasteiger partial charge >= 0.3 is 5.97 Å². The van der Waals surface area contributed by atoms with Crippen LogP contribution in [-0.2, 0) is 20.9 Å². The molecular weight excluding hydrogens is 314 g/mol. The number of pyridine rings is 1. The molecule has 0 aliphatic heterocycles. The van der Waals surface area contributed by atoms with E-state index < -0.39 is 0 Å². The van der Waals surface area contributed by atoms with E-state index in [4.69, 9.17) is 4.74 Å². The number of esters is 1. The maximum atomic E-state index is 12.3. The number of aromatic nitrogens is 1. The molecule has 0 N–H and O–H groups in total. The lowest BCUT2D eigenvalue weighted by molar-refractivity contribution is -0.140. The standard InChI is InChI=1S/C21H31NO3/c1-3-4-5-6-7-8-9-12-19(15-14-18(2)23)21(24)25-17-20-13-10-11-16-22-20/h10-13,16H,3-9,14-15,17H2,1-2H3/b19-12+. The fourth-order valence-electron chi connectivity index (χ4n) is 2.51. The Labute approximate surface area is 151 Å². The quantitative estimate of drug-likeness (QED) is 0.281. The number of nitrogens with zero attached hydrogens (tertiary/aromatic N) is 1. The second-order valence-corrected chi connectivity index (χ2v) is 6.39. The molecule has 0 aliphatic rings. The van der Waals surface area contributed by atoms with Crippen molar-refractivity contribution >= 4 is 11.8 Å². The molecule has 4 nitrogen and oxygen atoms in total. The van der Waals surface area contributed by atoms with Crippen LogP contribution in [0.2, 0.25) is 0 Å². The lowest BCUT2D eigenvalue weighted by Gasteiger charge is -2.08. The number of allylic oxidation sites excluding steroid dienone is 1. The van der Waals surface area contributed by atoms with Crippen LogP contribution in [0.5, 0.6) is 0 Å². The van der Waals surface area contributed by atoms with Crippen molar-refractivity contribution in [1.82, 2.24) is 4.98 Å². The van der Waals surface area contributed by atoms with Gasteiger partial charge in [0.15, 0.2) is 0 Å². The highest BCUT2D eigenvalue weighted by Gasteiger charge is 2.12. The van der Waals surface area contributed by atoms with E-state index in [1.54, 1.807) is 13.1 Å². The minimum atomic E-state index is -0.335. The summed E-state index contributed by atoms with van der Waals surface area (Å²) in [6.07, 6.45) is 12.6. The zero-order valence-electron chi connectivity index (χ0n) is 15.6. The van der Waals surface area contributed by atoms with Gasteiger partial charge in [-0.15, -0.1) is 0 Å². The van der Waals surface area contributed by atoms with Crippen LogP contribution in [0.25, 0.3) is 0 Å². The Bertz CT molecular complexity index is 537. The first-order chi connectivity index (χ1) is 12.1. The van der Waals surface area contributed by atoms with Crippen molar-refractivity contribution in [3.8, 4) is 0 Å². The number of ketones is 1. The third-order valence-corrected chi connectivity index (χ3v) is 4.03. The smallest absolute Gasteiger partial charge is 0.334 e. The van der Waals surface area contributed by atoms with E-state index in [2.05, 4.69) is 11.9 Å². The third-order valence-electron chi connectivity index (χ3n) is 4.03. The van der Waals surface area contributed by atoms with Crippen LogP contribution in [-0.4, -0.2) is 16.7 Å². The van der Waals surface area contributed by atoms with E-state index in [1.165, 1.54) is 32.1 Å². The molecule has 25 heavy (non-hydrogen) atoms. The molecule has 0 aliphatic carbocycles. The minimum absolute atomic E-state index is 0.0861. The molecule has 1 aromatic heterocycles. The zero-order chi connectivity index (χ0) is 18.3. The first kappa shape index (κ1) is 21.1. The number of carbonyl (C=O) groups is 2. The Morgan fingerprint density at radius 1 is 1.08 bits per heavy atom. The summed E-state index contributed by atoms with van der Waals surface area (Å²) in [4.78, 5) is 27.7. The van der Waals surface area contributed by atoms with Crippen LogP contribution in [0.4, 0.5) is 0 Å². The number of unbranched alkanes of at least 4 members (excludes halogenated alkanes) is 6. The molecule has 0 saturated carbocycles. The van der Waals surface area contributed by atoms with Gasteiger partial charge in [-0.3, -0.25) is 4.98 Å². The van der Waals surface area contributed by atoms with Gasteiger partial charge in [0.25, 0.3) is 0 Å². The van der Waals surface area contributed by atoms with Crippen molar-refractivity contribution < 1.29 is 14.3 Å². The van der Waals surface area contributed by atoms with Crippen molar-refractivity contribution in [3.05, 3.63) is 41.7 Å². The van der Waals surface area contributed by atoms with E-state index in [0.29, 0.717) is 18.4 Å². The first-order valence-electron chi connectivity index (χ1n) is 9.39. The maximum absolute atomic E-state index is 12.3. The maximum Gasteiger partial charge on any atom is 0.334 e. The summed E-state index contributed by atoms with van der Waals surface area (Å²) in [5.41, 5.74) is 1.33. The Balaban J connectivity index is 2.45. The molecule has 0 amide bonds. The van der Waals surface area contributed by atoms with E-state index >= 15 is 0 Å². The monoisotopic (exact) mass is 345 g/mol. The summed E-state index contributed by atoms with van der Waals surface area (Å²) >= 11 is 0. The van der Waals surface area contributed by atoms with Crippen LogP contribution in [0.15, 0.2) is 36.0 Å². The highest BCUT2D eigenvalue weighted by Crippen LogP contribution is 2.14. The number of hydrogen-bond donors (Lipinski definition) is 0. The van der Waals surface area contributed by atoms with Gasteiger partial charge in [0.1, 0.15) is 12.4 Å². The van der Waals surface area contributed by atoms with E-state index in [-0.39, 0.29) is 18.4 Å². The second-order valence-electron chi connectivity index (χ2n) is 6.39. The average molecular weight is 345 g/mol. The van der Waals surface area contributed by atoms with Crippen molar-refractivity contribution in [2.45, 2.75) is 78.2 Å². The number of carbonyl (C=O) groups excluding carboxylic acids is 2. The van der Waals surface area contributed by atoms with Crippen LogP contribution in [0, 0.1) is 0 Å². The number of ether oxygens (including phenoxy) is 1. The summed E-state index contributed by atoms with van der Waals surface area (Å²) in [6, 6.07) is 5.51. The summed E-state index contributed by atoms with van der Waals surface area (Å²) in [7, 11) is 0. The van der Waals surface area contributed by atoms with E-state index in [1.807, 2.05) is 24.3 Å². The van der Waals surface area contributed by atoms with Crippen molar-refractivity contribution in [2.24, 2.45) is 0 Å². The lowest BCUT2D eigenvalue weighted by Crippen LogP contribution is -2.10. The fraction of sp³-hybridized carbons (Fsp3) is 0.571. The number of hydrogen-bond acceptors (Lipinski definition) is 4. The largest absolute Gasteiger partial charge is 0.456 e. The summed E-state index contributed by atoms with van der Waals surface area (Å²) in [6.45, 7) is 3.92. The highest BCUT2D eigenvalue weighted by molar-refractivity contribution is 5.89. The van der Waals surface area contributed by atoms with Gasteiger partial charge in [0, 0.05) is 18.2 Å². The molecule has 0 radical (unpaired) electrons. The minimum Gasteiger partial charge on any atom is -0.456 e. The molecule has 0 unspecified atom stereocenters. The van der Waals surface area contributed by atoms with Gasteiger partial charge in [0.2, 0.25) is 0 Å². The Kier molecular flexibility index (Phi) is 11.2. The molecular formula is C21H31NO3. The van der Waals surface area contributed by atoms with Crippen molar-refractivity contribution in [3.63, 3.8) is 0 Å². The van der Waals surface area contributed by atoms with Gasteiger partial charge in [-0.1, -0.05) is 51.2 Å². The van der Waals surface area contributed by atoms with Crippen molar-refractivity contribution in [1.29, 1.82) is 0 Å². The third kappa shape index (κ3) is 10.5. The summed E-state index contributed by atoms with van der Waals surface area (Å²) in [5.74, 6) is -0.249. The summed E-state index contributed by atoms with van der Waals surface area (Å²) < 4.78 is 5.35. The predicted molar refractivity (Wildman–Crippen MR) is 100 cm³/mol. The van der Waals surface area contributed by atoms with Gasteiger partial charge in [-0.05, 0) is 38.3 Å². The molecule has 0 aromatic carbocycles. The fourth-order valence-corrected chi connectivity index (χ4v) is 2.51. The normalized spacial score (nSPS) is 11.4. The predicted octanol–water partition coefficient (Wildman–Crippen LogP) is 5.17. The molecule has 0 fully saturated rings. The van der Waals surface area contributed by atoms with E-state index in [0.717, 1.165) is 18.5 Å². The SMILES string of the molecule is CCCCCCCC/C=C(\CCC(C)=O)C(=O)OCc1ccccn1. The lowest BCUT2D eigenvalue weighted by atomic mass is 10.0. The van der Waals surface area contributed by atoms with Crippen LogP contribution in [0.1, 0.15) is 77.3 Å². The first-order valence-corrected chi connectivity index (χ1v) is 9.39. The molecule has 1 heterocycles.